The molecule has 102 valence electrons. The fourth-order valence-electron chi connectivity index (χ4n) is 1.78. The summed E-state index contributed by atoms with van der Waals surface area (Å²) in [5.74, 6) is -0.766. The fourth-order valence-corrected chi connectivity index (χ4v) is 2.23. The predicted octanol–water partition coefficient (Wildman–Crippen LogP) is 2.86. The fraction of sp³-hybridized carbons (Fsp3) is 0.667. The molecule has 1 aromatic heterocycles. The quantitative estimate of drug-likeness (QED) is 0.831. The van der Waals surface area contributed by atoms with Gasteiger partial charge in [-0.05, 0) is 12.1 Å². The van der Waals surface area contributed by atoms with E-state index in [0.717, 1.165) is 25.5 Å². The number of halogens is 2. The van der Waals surface area contributed by atoms with Crippen molar-refractivity contribution in [2.24, 2.45) is 5.41 Å². The van der Waals surface area contributed by atoms with Crippen molar-refractivity contribution in [2.75, 3.05) is 19.8 Å². The molecular weight excluding hydrogens is 260 g/mol. The average molecular weight is 277 g/mol. The third kappa shape index (κ3) is 3.96. The van der Waals surface area contributed by atoms with Crippen LogP contribution in [0, 0.1) is 5.41 Å². The Morgan fingerprint density at radius 3 is 2.72 bits per heavy atom. The molecule has 1 N–H and O–H groups in total. The third-order valence-electron chi connectivity index (χ3n) is 2.82. The van der Waals surface area contributed by atoms with E-state index in [2.05, 4.69) is 12.2 Å². The second-order valence-corrected chi connectivity index (χ2v) is 5.83. The van der Waals surface area contributed by atoms with Gasteiger partial charge in [-0.25, -0.2) is 0 Å². The van der Waals surface area contributed by atoms with Crippen molar-refractivity contribution >= 4 is 11.8 Å². The van der Waals surface area contributed by atoms with Gasteiger partial charge in [0.05, 0.1) is 25.5 Å². The maximum absolute atomic E-state index is 12.0. The molecule has 0 aromatic carbocycles. The van der Waals surface area contributed by atoms with E-state index in [4.69, 9.17) is 9.15 Å². The van der Waals surface area contributed by atoms with E-state index >= 15 is 0 Å². The number of hydrogen-bond acceptors (Lipinski definition) is 4. The van der Waals surface area contributed by atoms with Gasteiger partial charge in [-0.2, -0.15) is 8.78 Å². The van der Waals surface area contributed by atoms with Crippen molar-refractivity contribution in [2.45, 2.75) is 25.0 Å². The molecule has 3 nitrogen and oxygen atoms in total. The van der Waals surface area contributed by atoms with Crippen LogP contribution in [0.4, 0.5) is 8.78 Å². The van der Waals surface area contributed by atoms with Crippen LogP contribution < -0.4 is 5.32 Å². The van der Waals surface area contributed by atoms with Crippen LogP contribution in [0.15, 0.2) is 16.5 Å². The molecule has 1 fully saturated rings. The molecule has 0 spiro atoms. The van der Waals surface area contributed by atoms with Gasteiger partial charge in [0.25, 0.3) is 5.76 Å². The molecule has 1 saturated heterocycles. The van der Waals surface area contributed by atoms with Crippen molar-refractivity contribution in [3.63, 3.8) is 0 Å². The molecule has 0 atom stereocenters. The molecule has 0 unspecified atom stereocenters. The molecule has 2 heterocycles. The SMILES string of the molecule is CC1(CNCc2ccc(CSC(F)F)o2)COC1. The minimum atomic E-state index is -2.35. The smallest absolute Gasteiger partial charge is 0.284 e. The van der Waals surface area contributed by atoms with E-state index in [1.807, 2.05) is 6.07 Å². The number of hydrogen-bond donors (Lipinski definition) is 1. The van der Waals surface area contributed by atoms with Crippen molar-refractivity contribution in [1.82, 2.24) is 5.32 Å². The molecular formula is C12H17F2NO2S. The summed E-state index contributed by atoms with van der Waals surface area (Å²) in [5, 5.41) is 3.29. The maximum Gasteiger partial charge on any atom is 0.284 e. The van der Waals surface area contributed by atoms with E-state index in [9.17, 15) is 8.78 Å². The zero-order valence-electron chi connectivity index (χ0n) is 10.2. The Bertz CT molecular complexity index is 380. The zero-order chi connectivity index (χ0) is 13.0. The van der Waals surface area contributed by atoms with Crippen LogP contribution >= 0.6 is 11.8 Å². The Labute approximate surface area is 109 Å². The first kappa shape index (κ1) is 13.8. The van der Waals surface area contributed by atoms with E-state index in [1.165, 1.54) is 0 Å². The highest BCUT2D eigenvalue weighted by atomic mass is 32.2. The summed E-state index contributed by atoms with van der Waals surface area (Å²) in [5.41, 5.74) is 0.223. The van der Waals surface area contributed by atoms with E-state index in [0.29, 0.717) is 24.1 Å². The second kappa shape index (κ2) is 6.04. The highest BCUT2D eigenvalue weighted by molar-refractivity contribution is 7.98. The topological polar surface area (TPSA) is 34.4 Å². The Balaban J connectivity index is 1.69. The van der Waals surface area contributed by atoms with Gasteiger partial charge in [-0.15, -0.1) is 0 Å². The van der Waals surface area contributed by atoms with Gasteiger partial charge in [-0.1, -0.05) is 18.7 Å². The van der Waals surface area contributed by atoms with Crippen LogP contribution in [-0.2, 0) is 17.0 Å². The lowest BCUT2D eigenvalue weighted by molar-refractivity contribution is -0.0992. The van der Waals surface area contributed by atoms with Crippen LogP contribution in [0.2, 0.25) is 0 Å². The Morgan fingerprint density at radius 2 is 2.11 bits per heavy atom. The summed E-state index contributed by atoms with van der Waals surface area (Å²) in [6, 6.07) is 3.58. The lowest BCUT2D eigenvalue weighted by atomic mass is 9.89. The van der Waals surface area contributed by atoms with Gasteiger partial charge >= 0.3 is 0 Å². The molecule has 0 radical (unpaired) electrons. The second-order valence-electron chi connectivity index (χ2n) is 4.85. The van der Waals surface area contributed by atoms with Crippen LogP contribution in [0.5, 0.6) is 0 Å². The summed E-state index contributed by atoms with van der Waals surface area (Å²) >= 11 is 0.575. The number of rotatable bonds is 7. The van der Waals surface area contributed by atoms with E-state index in [-0.39, 0.29) is 11.2 Å². The summed E-state index contributed by atoms with van der Waals surface area (Å²) in [6.45, 7) is 5.23. The molecule has 0 amide bonds. The van der Waals surface area contributed by atoms with Gasteiger partial charge in [0, 0.05) is 12.0 Å². The minimum absolute atomic E-state index is 0.212. The molecule has 0 bridgehead atoms. The van der Waals surface area contributed by atoms with Crippen molar-refractivity contribution in [3.05, 3.63) is 23.7 Å². The summed E-state index contributed by atoms with van der Waals surface area (Å²) in [7, 11) is 0. The van der Waals surface area contributed by atoms with Crippen LogP contribution in [0.25, 0.3) is 0 Å². The first-order chi connectivity index (χ1) is 8.57. The van der Waals surface area contributed by atoms with Gasteiger partial charge in [0.1, 0.15) is 11.5 Å². The predicted molar refractivity (Wildman–Crippen MR) is 66.6 cm³/mol. The lowest BCUT2D eigenvalue weighted by Gasteiger charge is -2.38. The van der Waals surface area contributed by atoms with Crippen molar-refractivity contribution in [3.8, 4) is 0 Å². The minimum Gasteiger partial charge on any atom is -0.464 e. The number of thioether (sulfide) groups is 1. The van der Waals surface area contributed by atoms with Gasteiger partial charge in [0.15, 0.2) is 0 Å². The molecule has 2 rings (SSSR count). The van der Waals surface area contributed by atoms with Crippen LogP contribution in [0.3, 0.4) is 0 Å². The highest BCUT2D eigenvalue weighted by Gasteiger charge is 2.32. The third-order valence-corrected chi connectivity index (χ3v) is 3.52. The maximum atomic E-state index is 12.0. The van der Waals surface area contributed by atoms with E-state index < -0.39 is 5.76 Å². The average Bonchev–Trinajstić information content (AvgIpc) is 2.72. The molecule has 1 aliphatic rings. The van der Waals surface area contributed by atoms with Crippen LogP contribution in [0.1, 0.15) is 18.4 Å². The summed E-state index contributed by atoms with van der Waals surface area (Å²) < 4.78 is 34.6. The van der Waals surface area contributed by atoms with Crippen molar-refractivity contribution in [1.29, 1.82) is 0 Å². The Morgan fingerprint density at radius 1 is 1.39 bits per heavy atom. The molecule has 1 aromatic rings. The normalized spacial score (nSPS) is 18.0. The molecule has 0 saturated carbocycles. The number of nitrogens with one attached hydrogen (secondary N) is 1. The Kier molecular flexibility index (Phi) is 4.64. The largest absolute Gasteiger partial charge is 0.464 e. The Hall–Kier alpha value is -0.590. The molecule has 1 aliphatic heterocycles. The zero-order valence-corrected chi connectivity index (χ0v) is 11.1. The first-order valence-corrected chi connectivity index (χ1v) is 6.88. The molecule has 0 aliphatic carbocycles. The van der Waals surface area contributed by atoms with Gasteiger partial charge in [-0.3, -0.25) is 0 Å². The lowest BCUT2D eigenvalue weighted by Crippen LogP contribution is -2.47. The summed E-state index contributed by atoms with van der Waals surface area (Å²) in [4.78, 5) is 0. The van der Waals surface area contributed by atoms with E-state index in [1.54, 1.807) is 6.07 Å². The molecule has 18 heavy (non-hydrogen) atoms. The number of ether oxygens (including phenoxy) is 1. The van der Waals surface area contributed by atoms with Gasteiger partial charge < -0.3 is 14.5 Å². The molecule has 6 heteroatoms. The van der Waals surface area contributed by atoms with Gasteiger partial charge in [0.2, 0.25) is 0 Å². The van der Waals surface area contributed by atoms with Crippen LogP contribution in [-0.4, -0.2) is 25.5 Å². The highest BCUT2D eigenvalue weighted by Crippen LogP contribution is 2.25. The standard InChI is InChI=1S/C12H17F2NO2S/c1-12(7-16-8-12)6-15-4-9-2-3-10(17-9)5-18-11(13)14/h2-3,11,15H,4-8H2,1H3. The number of furan rings is 1. The van der Waals surface area contributed by atoms with Crippen molar-refractivity contribution < 1.29 is 17.9 Å². The first-order valence-electron chi connectivity index (χ1n) is 5.83. The summed E-state index contributed by atoms with van der Waals surface area (Å²) in [6.07, 6.45) is 0. The number of alkyl halides is 2. The monoisotopic (exact) mass is 277 g/mol.